The average molecular weight is 267 g/mol. The smallest absolute Gasteiger partial charge is 0.0963 e. The van der Waals surface area contributed by atoms with E-state index in [2.05, 4.69) is 25.1 Å². The predicted molar refractivity (Wildman–Crippen MR) is 76.9 cm³/mol. The standard InChI is InChI=1S/C15H16Cl2/c1-2-3-11-15(16,17)14-10-6-8-12-7-4-5-9-13(12)14/h4-10H,2-3,11H2,1H3. The molecule has 2 aromatic rings. The first-order chi connectivity index (χ1) is 8.15. The van der Waals surface area contributed by atoms with Crippen LogP contribution in [0.25, 0.3) is 10.8 Å². The number of unbranched alkanes of at least 4 members (excludes halogenated alkanes) is 1. The number of benzene rings is 2. The Labute approximate surface area is 113 Å². The highest BCUT2D eigenvalue weighted by atomic mass is 35.5. The highest BCUT2D eigenvalue weighted by Crippen LogP contribution is 2.41. The molecule has 0 N–H and O–H groups in total. The molecular weight excluding hydrogens is 251 g/mol. The molecule has 0 aromatic heterocycles. The molecule has 0 nitrogen and oxygen atoms in total. The Bertz CT molecular complexity index is 498. The molecule has 17 heavy (non-hydrogen) atoms. The van der Waals surface area contributed by atoms with Gasteiger partial charge in [0.25, 0.3) is 0 Å². The van der Waals surface area contributed by atoms with Crippen LogP contribution in [0.4, 0.5) is 0 Å². The molecule has 0 saturated carbocycles. The molecule has 0 amide bonds. The highest BCUT2D eigenvalue weighted by Gasteiger charge is 2.27. The van der Waals surface area contributed by atoms with Crippen LogP contribution in [0.5, 0.6) is 0 Å². The zero-order chi connectivity index (χ0) is 12.3. The normalized spacial score (nSPS) is 11.9. The fourth-order valence-corrected chi connectivity index (χ4v) is 2.67. The van der Waals surface area contributed by atoms with Crippen molar-refractivity contribution >= 4 is 34.0 Å². The number of halogens is 2. The molecule has 0 bridgehead atoms. The number of alkyl halides is 2. The second-order valence-electron chi connectivity index (χ2n) is 4.33. The van der Waals surface area contributed by atoms with E-state index in [0.717, 1.165) is 30.2 Å². The summed E-state index contributed by atoms with van der Waals surface area (Å²) in [7, 11) is 0. The van der Waals surface area contributed by atoms with Gasteiger partial charge in [0, 0.05) is 0 Å². The van der Waals surface area contributed by atoms with Crippen molar-refractivity contribution in [2.24, 2.45) is 0 Å². The molecule has 0 unspecified atom stereocenters. The zero-order valence-electron chi connectivity index (χ0n) is 9.92. The number of hydrogen-bond acceptors (Lipinski definition) is 0. The van der Waals surface area contributed by atoms with E-state index < -0.39 is 4.33 Å². The fraction of sp³-hybridized carbons (Fsp3) is 0.333. The van der Waals surface area contributed by atoms with Crippen molar-refractivity contribution in [3.05, 3.63) is 48.0 Å². The average Bonchev–Trinajstić information content (AvgIpc) is 2.36. The van der Waals surface area contributed by atoms with Crippen molar-refractivity contribution in [3.8, 4) is 0 Å². The van der Waals surface area contributed by atoms with Crippen LogP contribution in [0.15, 0.2) is 42.5 Å². The molecule has 0 aliphatic rings. The van der Waals surface area contributed by atoms with Gasteiger partial charge in [-0.2, -0.15) is 0 Å². The van der Waals surface area contributed by atoms with Gasteiger partial charge < -0.3 is 0 Å². The van der Waals surface area contributed by atoms with Gasteiger partial charge in [0.1, 0.15) is 4.33 Å². The Balaban J connectivity index is 2.47. The van der Waals surface area contributed by atoms with Crippen molar-refractivity contribution in [2.45, 2.75) is 30.5 Å². The van der Waals surface area contributed by atoms with Gasteiger partial charge in [-0.1, -0.05) is 85.4 Å². The molecule has 2 heteroatoms. The van der Waals surface area contributed by atoms with Crippen LogP contribution in [-0.4, -0.2) is 0 Å². The molecular formula is C15H16Cl2. The van der Waals surface area contributed by atoms with Crippen molar-refractivity contribution < 1.29 is 0 Å². The summed E-state index contributed by atoms with van der Waals surface area (Å²) in [5, 5.41) is 2.34. The minimum Gasteiger partial charge on any atom is -0.0963 e. The van der Waals surface area contributed by atoms with Crippen molar-refractivity contribution in [2.75, 3.05) is 0 Å². The molecule has 0 heterocycles. The van der Waals surface area contributed by atoms with E-state index >= 15 is 0 Å². The molecule has 0 atom stereocenters. The zero-order valence-corrected chi connectivity index (χ0v) is 11.4. The van der Waals surface area contributed by atoms with Gasteiger partial charge in [0.15, 0.2) is 0 Å². The first-order valence-corrected chi connectivity index (χ1v) is 6.77. The molecule has 0 radical (unpaired) electrons. The first kappa shape index (κ1) is 12.7. The van der Waals surface area contributed by atoms with Crippen LogP contribution in [0.1, 0.15) is 31.7 Å². The van der Waals surface area contributed by atoms with E-state index in [9.17, 15) is 0 Å². The maximum atomic E-state index is 6.48. The Hall–Kier alpha value is -0.720. The van der Waals surface area contributed by atoms with Gasteiger partial charge >= 0.3 is 0 Å². The molecule has 2 rings (SSSR count). The quantitative estimate of drug-likeness (QED) is 0.627. The maximum absolute atomic E-state index is 6.48. The molecule has 0 saturated heterocycles. The monoisotopic (exact) mass is 266 g/mol. The van der Waals surface area contributed by atoms with Gasteiger partial charge in [-0.25, -0.2) is 0 Å². The summed E-state index contributed by atoms with van der Waals surface area (Å²) in [5.41, 5.74) is 1.02. The van der Waals surface area contributed by atoms with E-state index in [1.165, 1.54) is 5.39 Å². The van der Waals surface area contributed by atoms with Crippen molar-refractivity contribution in [1.82, 2.24) is 0 Å². The topological polar surface area (TPSA) is 0 Å². The number of rotatable bonds is 4. The van der Waals surface area contributed by atoms with Crippen LogP contribution in [0.2, 0.25) is 0 Å². The van der Waals surface area contributed by atoms with Gasteiger partial charge in [-0.05, 0) is 22.8 Å². The van der Waals surface area contributed by atoms with E-state index in [1.54, 1.807) is 0 Å². The third-order valence-electron chi connectivity index (χ3n) is 3.03. The molecule has 0 aliphatic heterocycles. The second kappa shape index (κ2) is 5.29. The number of fused-ring (bicyclic) bond motifs is 1. The molecule has 0 spiro atoms. The molecule has 0 aliphatic carbocycles. The Morgan fingerprint density at radius 1 is 1.00 bits per heavy atom. The number of hydrogen-bond donors (Lipinski definition) is 0. The van der Waals surface area contributed by atoms with E-state index in [1.807, 2.05) is 24.3 Å². The predicted octanol–water partition coefficient (Wildman–Crippen LogP) is 5.66. The minimum absolute atomic E-state index is 0.781. The van der Waals surface area contributed by atoms with Gasteiger partial charge in [-0.3, -0.25) is 0 Å². The lowest BCUT2D eigenvalue weighted by molar-refractivity contribution is 0.663. The summed E-state index contributed by atoms with van der Waals surface area (Å²) < 4.78 is -0.781. The maximum Gasteiger partial charge on any atom is 0.143 e. The summed E-state index contributed by atoms with van der Waals surface area (Å²) >= 11 is 13.0. The summed E-state index contributed by atoms with van der Waals surface area (Å²) in [4.78, 5) is 0. The van der Waals surface area contributed by atoms with Gasteiger partial charge in [-0.15, -0.1) is 0 Å². The van der Waals surface area contributed by atoms with Crippen LogP contribution in [0.3, 0.4) is 0 Å². The Kier molecular flexibility index (Phi) is 3.96. The lowest BCUT2D eigenvalue weighted by Crippen LogP contribution is -2.10. The van der Waals surface area contributed by atoms with Gasteiger partial charge in [0.2, 0.25) is 0 Å². The van der Waals surface area contributed by atoms with Crippen molar-refractivity contribution in [3.63, 3.8) is 0 Å². The van der Waals surface area contributed by atoms with E-state index in [0.29, 0.717) is 0 Å². The first-order valence-electron chi connectivity index (χ1n) is 6.01. The third-order valence-corrected chi connectivity index (χ3v) is 3.81. The third kappa shape index (κ3) is 2.75. The van der Waals surface area contributed by atoms with Crippen molar-refractivity contribution in [1.29, 1.82) is 0 Å². The lowest BCUT2D eigenvalue weighted by Gasteiger charge is -2.21. The summed E-state index contributed by atoms with van der Waals surface area (Å²) in [6.07, 6.45) is 2.93. The van der Waals surface area contributed by atoms with E-state index in [-0.39, 0.29) is 0 Å². The summed E-state index contributed by atoms with van der Waals surface area (Å²) in [5.74, 6) is 0. The Morgan fingerprint density at radius 2 is 1.71 bits per heavy atom. The molecule has 2 aromatic carbocycles. The fourth-order valence-electron chi connectivity index (χ4n) is 2.08. The highest BCUT2D eigenvalue weighted by molar-refractivity contribution is 6.48. The summed E-state index contributed by atoms with van der Waals surface area (Å²) in [6, 6.07) is 14.3. The minimum atomic E-state index is -0.781. The Morgan fingerprint density at radius 3 is 2.47 bits per heavy atom. The summed E-state index contributed by atoms with van der Waals surface area (Å²) in [6.45, 7) is 2.15. The molecule has 90 valence electrons. The SMILES string of the molecule is CCCCC(Cl)(Cl)c1cccc2ccccc12. The second-order valence-corrected chi connectivity index (χ2v) is 5.82. The molecule has 0 fully saturated rings. The van der Waals surface area contributed by atoms with Crippen LogP contribution < -0.4 is 0 Å². The van der Waals surface area contributed by atoms with Gasteiger partial charge in [0.05, 0.1) is 0 Å². The van der Waals surface area contributed by atoms with Crippen LogP contribution in [-0.2, 0) is 4.33 Å². The van der Waals surface area contributed by atoms with Crippen LogP contribution in [0, 0.1) is 0 Å². The lowest BCUT2D eigenvalue weighted by atomic mass is 9.99. The van der Waals surface area contributed by atoms with Crippen LogP contribution >= 0.6 is 23.2 Å². The largest absolute Gasteiger partial charge is 0.143 e. The van der Waals surface area contributed by atoms with E-state index in [4.69, 9.17) is 23.2 Å².